The molecule has 2 rings (SSSR count). The molecule has 0 saturated heterocycles. The second kappa shape index (κ2) is 6.34. The van der Waals surface area contributed by atoms with Crippen molar-refractivity contribution in [3.8, 4) is 0 Å². The van der Waals surface area contributed by atoms with Gasteiger partial charge in [0, 0.05) is 25.0 Å². The maximum atomic E-state index is 5.79. The van der Waals surface area contributed by atoms with Crippen LogP contribution in [0.15, 0.2) is 6.20 Å². The Labute approximate surface area is 110 Å². The van der Waals surface area contributed by atoms with E-state index < -0.39 is 0 Å². The lowest BCUT2D eigenvalue weighted by Crippen LogP contribution is -2.19. The first-order valence-corrected chi connectivity index (χ1v) is 7.06. The Hall–Kier alpha value is -0.870. The SMILES string of the molecule is CCOC(c1ncc(CNCC(C)C)[nH]1)C1CC1. The maximum Gasteiger partial charge on any atom is 0.135 e. The summed E-state index contributed by atoms with van der Waals surface area (Å²) < 4.78 is 5.79. The topological polar surface area (TPSA) is 49.9 Å². The number of ether oxygens (including phenoxy) is 1. The fraction of sp³-hybridized carbons (Fsp3) is 0.786. The Morgan fingerprint density at radius 1 is 1.50 bits per heavy atom. The van der Waals surface area contributed by atoms with Gasteiger partial charge in [-0.25, -0.2) is 4.98 Å². The molecule has 1 unspecified atom stereocenters. The molecule has 0 radical (unpaired) electrons. The Bertz CT molecular complexity index is 358. The molecule has 1 saturated carbocycles. The van der Waals surface area contributed by atoms with Crippen molar-refractivity contribution < 1.29 is 4.74 Å². The van der Waals surface area contributed by atoms with Crippen molar-refractivity contribution in [1.82, 2.24) is 15.3 Å². The molecule has 0 aliphatic heterocycles. The summed E-state index contributed by atoms with van der Waals surface area (Å²) in [6.45, 7) is 9.11. The first-order chi connectivity index (χ1) is 8.70. The van der Waals surface area contributed by atoms with E-state index >= 15 is 0 Å². The van der Waals surface area contributed by atoms with Gasteiger partial charge in [-0.05, 0) is 38.1 Å². The molecule has 102 valence electrons. The van der Waals surface area contributed by atoms with Crippen molar-refractivity contribution in [2.45, 2.75) is 46.3 Å². The number of hydrogen-bond donors (Lipinski definition) is 2. The van der Waals surface area contributed by atoms with E-state index in [0.717, 1.165) is 31.2 Å². The number of hydrogen-bond acceptors (Lipinski definition) is 3. The maximum absolute atomic E-state index is 5.79. The van der Waals surface area contributed by atoms with Gasteiger partial charge in [0.15, 0.2) is 0 Å². The number of nitrogens with one attached hydrogen (secondary N) is 2. The lowest BCUT2D eigenvalue weighted by atomic mass is 10.2. The first-order valence-electron chi connectivity index (χ1n) is 7.06. The first kappa shape index (κ1) is 13.6. The summed E-state index contributed by atoms with van der Waals surface area (Å²) >= 11 is 0. The van der Waals surface area contributed by atoms with Crippen LogP contribution < -0.4 is 5.32 Å². The van der Waals surface area contributed by atoms with Crippen LogP contribution in [0.25, 0.3) is 0 Å². The molecule has 18 heavy (non-hydrogen) atoms. The van der Waals surface area contributed by atoms with Crippen LogP contribution in [-0.2, 0) is 11.3 Å². The van der Waals surface area contributed by atoms with Crippen LogP contribution in [0, 0.1) is 11.8 Å². The highest BCUT2D eigenvalue weighted by Gasteiger charge is 2.34. The summed E-state index contributed by atoms with van der Waals surface area (Å²) in [6, 6.07) is 0. The summed E-state index contributed by atoms with van der Waals surface area (Å²) in [5, 5.41) is 3.42. The van der Waals surface area contributed by atoms with Crippen LogP contribution >= 0.6 is 0 Å². The van der Waals surface area contributed by atoms with Gasteiger partial charge >= 0.3 is 0 Å². The Kier molecular flexibility index (Phi) is 4.78. The fourth-order valence-electron chi connectivity index (χ4n) is 2.12. The number of nitrogens with zero attached hydrogens (tertiary/aromatic N) is 1. The van der Waals surface area contributed by atoms with Crippen LogP contribution in [0.2, 0.25) is 0 Å². The number of imidazole rings is 1. The lowest BCUT2D eigenvalue weighted by Gasteiger charge is -2.13. The van der Waals surface area contributed by atoms with Crippen molar-refractivity contribution in [3.05, 3.63) is 17.7 Å². The minimum absolute atomic E-state index is 0.175. The van der Waals surface area contributed by atoms with E-state index in [-0.39, 0.29) is 6.10 Å². The van der Waals surface area contributed by atoms with Crippen LogP contribution in [0.3, 0.4) is 0 Å². The molecule has 1 aliphatic rings. The largest absolute Gasteiger partial charge is 0.370 e. The molecule has 0 aromatic carbocycles. The summed E-state index contributed by atoms with van der Waals surface area (Å²) in [7, 11) is 0. The van der Waals surface area contributed by atoms with Gasteiger partial charge in [-0.15, -0.1) is 0 Å². The zero-order chi connectivity index (χ0) is 13.0. The second-order valence-electron chi connectivity index (χ2n) is 5.53. The highest BCUT2D eigenvalue weighted by molar-refractivity contribution is 5.06. The molecule has 0 amide bonds. The predicted octanol–water partition coefficient (Wildman–Crippen LogP) is 2.64. The molecule has 2 N–H and O–H groups in total. The van der Waals surface area contributed by atoms with Gasteiger partial charge in [0.1, 0.15) is 11.9 Å². The van der Waals surface area contributed by atoms with E-state index in [2.05, 4.69) is 29.1 Å². The average molecular weight is 251 g/mol. The highest BCUT2D eigenvalue weighted by Crippen LogP contribution is 2.42. The molecule has 0 bridgehead atoms. The van der Waals surface area contributed by atoms with Crippen LogP contribution in [0.5, 0.6) is 0 Å². The van der Waals surface area contributed by atoms with Gasteiger partial charge < -0.3 is 15.0 Å². The zero-order valence-electron chi connectivity index (χ0n) is 11.7. The third-order valence-corrected chi connectivity index (χ3v) is 3.18. The number of rotatable bonds is 8. The molecular formula is C14H25N3O. The van der Waals surface area contributed by atoms with E-state index in [9.17, 15) is 0 Å². The number of H-pyrrole nitrogens is 1. The van der Waals surface area contributed by atoms with Gasteiger partial charge in [0.25, 0.3) is 0 Å². The van der Waals surface area contributed by atoms with Crippen molar-refractivity contribution >= 4 is 0 Å². The average Bonchev–Trinajstić information content (AvgIpc) is 3.06. The van der Waals surface area contributed by atoms with Crippen molar-refractivity contribution in [2.24, 2.45) is 11.8 Å². The fourth-order valence-corrected chi connectivity index (χ4v) is 2.12. The monoisotopic (exact) mass is 251 g/mol. The van der Waals surface area contributed by atoms with Crippen molar-refractivity contribution in [2.75, 3.05) is 13.2 Å². The molecule has 4 nitrogen and oxygen atoms in total. The molecule has 1 aromatic heterocycles. The summed E-state index contributed by atoms with van der Waals surface area (Å²) in [4.78, 5) is 7.87. The third-order valence-electron chi connectivity index (χ3n) is 3.18. The Morgan fingerprint density at radius 2 is 2.28 bits per heavy atom. The number of aromatic nitrogens is 2. The van der Waals surface area contributed by atoms with Crippen molar-refractivity contribution in [3.63, 3.8) is 0 Å². The van der Waals surface area contributed by atoms with E-state index in [1.54, 1.807) is 0 Å². The molecule has 1 fully saturated rings. The van der Waals surface area contributed by atoms with Gasteiger partial charge in [-0.2, -0.15) is 0 Å². The quantitative estimate of drug-likeness (QED) is 0.747. The summed E-state index contributed by atoms with van der Waals surface area (Å²) in [5.41, 5.74) is 1.15. The van der Waals surface area contributed by atoms with E-state index in [1.807, 2.05) is 13.1 Å². The van der Waals surface area contributed by atoms with Crippen LogP contribution in [0.4, 0.5) is 0 Å². The molecule has 4 heteroatoms. The summed E-state index contributed by atoms with van der Waals surface area (Å²) in [6.07, 6.45) is 4.64. The van der Waals surface area contributed by atoms with Gasteiger partial charge in [0.05, 0.1) is 0 Å². The van der Waals surface area contributed by atoms with Crippen molar-refractivity contribution in [1.29, 1.82) is 0 Å². The Morgan fingerprint density at radius 3 is 2.89 bits per heavy atom. The minimum Gasteiger partial charge on any atom is -0.370 e. The molecule has 1 aliphatic carbocycles. The van der Waals surface area contributed by atoms with Crippen LogP contribution in [-0.4, -0.2) is 23.1 Å². The zero-order valence-corrected chi connectivity index (χ0v) is 11.7. The molecule has 1 aromatic rings. The smallest absolute Gasteiger partial charge is 0.135 e. The summed E-state index contributed by atoms with van der Waals surface area (Å²) in [5.74, 6) is 2.35. The standard InChI is InChI=1S/C14H25N3O/c1-4-18-13(11-5-6-11)14-16-9-12(17-14)8-15-7-10(2)3/h9-11,13,15H,4-8H2,1-3H3,(H,16,17). The normalized spacial score (nSPS) is 17.3. The highest BCUT2D eigenvalue weighted by atomic mass is 16.5. The molecule has 0 spiro atoms. The van der Waals surface area contributed by atoms with E-state index in [1.165, 1.54) is 12.8 Å². The minimum atomic E-state index is 0.175. The molecule has 1 atom stereocenters. The predicted molar refractivity (Wildman–Crippen MR) is 72.2 cm³/mol. The molecule has 1 heterocycles. The van der Waals surface area contributed by atoms with Crippen LogP contribution in [0.1, 0.15) is 51.2 Å². The molecular weight excluding hydrogens is 226 g/mol. The lowest BCUT2D eigenvalue weighted by molar-refractivity contribution is 0.0405. The second-order valence-corrected chi connectivity index (χ2v) is 5.53. The van der Waals surface area contributed by atoms with Gasteiger partial charge in [-0.3, -0.25) is 0 Å². The van der Waals surface area contributed by atoms with Gasteiger partial charge in [0.2, 0.25) is 0 Å². The number of aromatic amines is 1. The van der Waals surface area contributed by atoms with E-state index in [4.69, 9.17) is 4.74 Å². The van der Waals surface area contributed by atoms with Gasteiger partial charge in [-0.1, -0.05) is 13.8 Å². The third kappa shape index (κ3) is 3.82. The Balaban J connectivity index is 1.87. The van der Waals surface area contributed by atoms with E-state index in [0.29, 0.717) is 11.8 Å².